The number of carbonyl (C=O) groups excluding carboxylic acids is 1. The fourth-order valence-corrected chi connectivity index (χ4v) is 2.21. The van der Waals surface area contributed by atoms with Crippen molar-refractivity contribution in [2.75, 3.05) is 12.3 Å². The second kappa shape index (κ2) is 6.21. The summed E-state index contributed by atoms with van der Waals surface area (Å²) in [5.74, 6) is 2.29. The van der Waals surface area contributed by atoms with Crippen LogP contribution >= 0.6 is 11.8 Å². The number of anilines is 1. The first kappa shape index (κ1) is 13.5. The van der Waals surface area contributed by atoms with Crippen LogP contribution in [0.4, 0.5) is 5.69 Å². The highest BCUT2D eigenvalue weighted by molar-refractivity contribution is 8.00. The Morgan fingerprint density at radius 1 is 1.65 bits per heavy atom. The van der Waals surface area contributed by atoms with Crippen LogP contribution in [0.25, 0.3) is 0 Å². The zero-order valence-electron chi connectivity index (χ0n) is 9.99. The number of rotatable bonds is 4. The molecule has 0 heterocycles. The molecular weight excluding hydrogens is 232 g/mol. The Kier molecular flexibility index (Phi) is 4.92. The van der Waals surface area contributed by atoms with E-state index in [1.165, 1.54) is 11.8 Å². The summed E-state index contributed by atoms with van der Waals surface area (Å²) in [6, 6.07) is 5.81. The Balaban J connectivity index is 2.65. The van der Waals surface area contributed by atoms with E-state index in [1.807, 2.05) is 32.0 Å². The molecule has 1 unspecified atom stereocenters. The van der Waals surface area contributed by atoms with Crippen LogP contribution in [0.5, 0.6) is 0 Å². The molecule has 3 N–H and O–H groups in total. The highest BCUT2D eigenvalue weighted by Gasteiger charge is 2.14. The van der Waals surface area contributed by atoms with E-state index in [9.17, 15) is 4.79 Å². The second-order valence-corrected chi connectivity index (χ2v) is 5.11. The minimum absolute atomic E-state index is 0.0760. The van der Waals surface area contributed by atoms with E-state index >= 15 is 0 Å². The van der Waals surface area contributed by atoms with Crippen LogP contribution in [0.2, 0.25) is 0 Å². The molecule has 0 aromatic heterocycles. The van der Waals surface area contributed by atoms with Gasteiger partial charge in [0, 0.05) is 10.6 Å². The van der Waals surface area contributed by atoms with Crippen LogP contribution in [0.3, 0.4) is 0 Å². The molecule has 0 bridgehead atoms. The standard InChI is InChI=1S/C13H16N2OS/c1-4-7-15-13(16)10(3)17-12-6-5-9(2)8-11(12)14/h1,5-6,8,10H,7,14H2,2-3H3,(H,15,16). The molecule has 17 heavy (non-hydrogen) atoms. The third kappa shape index (κ3) is 4.04. The van der Waals surface area contributed by atoms with Crippen molar-refractivity contribution in [3.8, 4) is 12.3 Å². The fraction of sp³-hybridized carbons (Fsp3) is 0.308. The van der Waals surface area contributed by atoms with E-state index in [-0.39, 0.29) is 17.7 Å². The monoisotopic (exact) mass is 248 g/mol. The average molecular weight is 248 g/mol. The maximum atomic E-state index is 11.6. The molecule has 3 nitrogen and oxygen atoms in total. The number of hydrogen-bond donors (Lipinski definition) is 2. The van der Waals surface area contributed by atoms with Gasteiger partial charge in [-0.3, -0.25) is 4.79 Å². The fourth-order valence-electron chi connectivity index (χ4n) is 1.30. The average Bonchev–Trinajstić information content (AvgIpc) is 2.29. The summed E-state index contributed by atoms with van der Waals surface area (Å²) < 4.78 is 0. The summed E-state index contributed by atoms with van der Waals surface area (Å²) in [7, 11) is 0. The van der Waals surface area contributed by atoms with Crippen molar-refractivity contribution in [2.45, 2.75) is 24.0 Å². The van der Waals surface area contributed by atoms with Crippen LogP contribution in [0.15, 0.2) is 23.1 Å². The maximum Gasteiger partial charge on any atom is 0.233 e. The van der Waals surface area contributed by atoms with Gasteiger partial charge in [0.25, 0.3) is 0 Å². The molecule has 0 fully saturated rings. The number of nitrogens with two attached hydrogens (primary N) is 1. The molecule has 0 aliphatic heterocycles. The SMILES string of the molecule is C#CCNC(=O)C(C)Sc1ccc(C)cc1N. The Morgan fingerprint density at radius 2 is 2.35 bits per heavy atom. The Labute approximate surface area is 106 Å². The first-order chi connectivity index (χ1) is 8.04. The lowest BCUT2D eigenvalue weighted by atomic mass is 10.2. The molecule has 0 spiro atoms. The van der Waals surface area contributed by atoms with Crippen LogP contribution in [-0.2, 0) is 4.79 Å². The highest BCUT2D eigenvalue weighted by atomic mass is 32.2. The molecule has 0 aliphatic carbocycles. The smallest absolute Gasteiger partial charge is 0.233 e. The van der Waals surface area contributed by atoms with Gasteiger partial charge in [0.1, 0.15) is 0 Å². The van der Waals surface area contributed by atoms with Gasteiger partial charge in [0.15, 0.2) is 0 Å². The summed E-state index contributed by atoms with van der Waals surface area (Å²) in [6.45, 7) is 4.07. The van der Waals surface area contributed by atoms with Gasteiger partial charge in [-0.25, -0.2) is 0 Å². The molecule has 1 rings (SSSR count). The van der Waals surface area contributed by atoms with Gasteiger partial charge in [0.05, 0.1) is 11.8 Å². The summed E-state index contributed by atoms with van der Waals surface area (Å²) in [5, 5.41) is 2.43. The van der Waals surface area contributed by atoms with Crippen molar-refractivity contribution in [3.63, 3.8) is 0 Å². The van der Waals surface area contributed by atoms with Gasteiger partial charge in [-0.1, -0.05) is 12.0 Å². The first-order valence-corrected chi connectivity index (χ1v) is 6.16. The molecule has 90 valence electrons. The molecule has 0 saturated carbocycles. The zero-order chi connectivity index (χ0) is 12.8. The predicted molar refractivity (Wildman–Crippen MR) is 72.8 cm³/mol. The minimum atomic E-state index is -0.214. The van der Waals surface area contributed by atoms with Crippen molar-refractivity contribution < 1.29 is 4.79 Å². The van der Waals surface area contributed by atoms with Gasteiger partial charge < -0.3 is 11.1 Å². The van der Waals surface area contributed by atoms with Gasteiger partial charge in [-0.15, -0.1) is 18.2 Å². The Morgan fingerprint density at radius 3 is 2.94 bits per heavy atom. The molecule has 0 aliphatic rings. The third-order valence-corrected chi connectivity index (χ3v) is 3.40. The molecular formula is C13H16N2OS. The van der Waals surface area contributed by atoms with E-state index in [4.69, 9.17) is 12.2 Å². The van der Waals surface area contributed by atoms with Gasteiger partial charge in [-0.05, 0) is 31.5 Å². The summed E-state index contributed by atoms with van der Waals surface area (Å²) in [5.41, 5.74) is 7.69. The second-order valence-electron chi connectivity index (χ2n) is 3.72. The summed E-state index contributed by atoms with van der Waals surface area (Å²) >= 11 is 1.43. The van der Waals surface area contributed by atoms with Crippen molar-refractivity contribution in [3.05, 3.63) is 23.8 Å². The minimum Gasteiger partial charge on any atom is -0.398 e. The maximum absolute atomic E-state index is 11.6. The number of nitrogen functional groups attached to an aromatic ring is 1. The highest BCUT2D eigenvalue weighted by Crippen LogP contribution is 2.29. The third-order valence-electron chi connectivity index (χ3n) is 2.20. The molecule has 1 amide bonds. The number of aryl methyl sites for hydroxylation is 1. The number of carbonyl (C=O) groups is 1. The van der Waals surface area contributed by atoms with Gasteiger partial charge >= 0.3 is 0 Å². The van der Waals surface area contributed by atoms with Gasteiger partial charge in [0.2, 0.25) is 5.91 Å². The van der Waals surface area contributed by atoms with Crippen LogP contribution in [0, 0.1) is 19.3 Å². The van der Waals surface area contributed by atoms with Crippen LogP contribution < -0.4 is 11.1 Å². The first-order valence-electron chi connectivity index (χ1n) is 5.28. The largest absolute Gasteiger partial charge is 0.398 e. The number of thioether (sulfide) groups is 1. The topological polar surface area (TPSA) is 55.1 Å². The normalized spacial score (nSPS) is 11.6. The molecule has 1 aromatic carbocycles. The van der Waals surface area contributed by atoms with Crippen molar-refractivity contribution in [2.24, 2.45) is 0 Å². The number of terminal acetylenes is 1. The molecule has 4 heteroatoms. The van der Waals surface area contributed by atoms with Crippen molar-refractivity contribution in [1.29, 1.82) is 0 Å². The Hall–Kier alpha value is -1.60. The van der Waals surface area contributed by atoms with E-state index in [0.717, 1.165) is 10.5 Å². The molecule has 0 saturated heterocycles. The lowest BCUT2D eigenvalue weighted by Gasteiger charge is -2.12. The van der Waals surface area contributed by atoms with E-state index < -0.39 is 0 Å². The Bertz CT molecular complexity index is 451. The van der Waals surface area contributed by atoms with E-state index in [1.54, 1.807) is 0 Å². The number of hydrogen-bond acceptors (Lipinski definition) is 3. The van der Waals surface area contributed by atoms with Crippen LogP contribution in [0.1, 0.15) is 12.5 Å². The predicted octanol–water partition coefficient (Wildman–Crippen LogP) is 1.81. The number of nitrogens with one attached hydrogen (secondary N) is 1. The summed E-state index contributed by atoms with van der Waals surface area (Å²) in [4.78, 5) is 12.5. The lowest BCUT2D eigenvalue weighted by Crippen LogP contribution is -2.31. The van der Waals surface area contributed by atoms with E-state index in [0.29, 0.717) is 5.69 Å². The lowest BCUT2D eigenvalue weighted by molar-refractivity contribution is -0.120. The molecule has 0 radical (unpaired) electrons. The van der Waals surface area contributed by atoms with Crippen molar-refractivity contribution in [1.82, 2.24) is 5.32 Å². The number of benzene rings is 1. The van der Waals surface area contributed by atoms with Crippen LogP contribution in [-0.4, -0.2) is 17.7 Å². The molecule has 1 atom stereocenters. The van der Waals surface area contributed by atoms with Crippen molar-refractivity contribution >= 4 is 23.4 Å². The molecule has 1 aromatic rings. The van der Waals surface area contributed by atoms with Gasteiger partial charge in [-0.2, -0.15) is 0 Å². The van der Waals surface area contributed by atoms with E-state index in [2.05, 4.69) is 11.2 Å². The summed E-state index contributed by atoms with van der Waals surface area (Å²) in [6.07, 6.45) is 5.08. The zero-order valence-corrected chi connectivity index (χ0v) is 10.8. The number of amides is 1. The quantitative estimate of drug-likeness (QED) is 0.485.